The third-order valence-corrected chi connectivity index (χ3v) is 9.74. The number of benzene rings is 3. The molecule has 46 heavy (non-hydrogen) atoms. The SMILES string of the molecule is C[C@H](NC(=O)c1c(CN2CCN(C(=O)CC3(CC(=O)O)CCCC3)CC2)c(-c2ccccc2)nc2ccccc12)c1ccccc1. The second-order valence-electron chi connectivity index (χ2n) is 12.9. The van der Waals surface area contributed by atoms with Crippen molar-refractivity contribution >= 4 is 28.7 Å². The lowest BCUT2D eigenvalue weighted by Crippen LogP contribution is -2.49. The lowest BCUT2D eigenvalue weighted by atomic mass is 9.79. The topological polar surface area (TPSA) is 103 Å². The molecule has 8 nitrogen and oxygen atoms in total. The van der Waals surface area contributed by atoms with Gasteiger partial charge >= 0.3 is 5.97 Å². The van der Waals surface area contributed by atoms with E-state index in [4.69, 9.17) is 4.98 Å². The highest BCUT2D eigenvalue weighted by Crippen LogP contribution is 2.44. The third-order valence-electron chi connectivity index (χ3n) is 9.74. The molecule has 8 heteroatoms. The zero-order chi connectivity index (χ0) is 32.1. The van der Waals surface area contributed by atoms with Crippen molar-refractivity contribution in [2.75, 3.05) is 26.2 Å². The zero-order valence-corrected chi connectivity index (χ0v) is 26.5. The molecule has 2 aliphatic rings. The molecule has 2 amide bonds. The molecule has 1 saturated heterocycles. The summed E-state index contributed by atoms with van der Waals surface area (Å²) in [6.07, 6.45) is 3.93. The minimum absolute atomic E-state index is 0.0510. The first-order valence-corrected chi connectivity index (χ1v) is 16.4. The molecule has 1 aliphatic heterocycles. The van der Waals surface area contributed by atoms with Crippen LogP contribution in [0.25, 0.3) is 22.2 Å². The molecule has 2 N–H and O–H groups in total. The predicted octanol–water partition coefficient (Wildman–Crippen LogP) is 6.46. The number of carbonyl (C=O) groups excluding carboxylic acids is 2. The van der Waals surface area contributed by atoms with Crippen molar-refractivity contribution in [1.82, 2.24) is 20.1 Å². The van der Waals surface area contributed by atoms with E-state index in [1.165, 1.54) is 0 Å². The van der Waals surface area contributed by atoms with Gasteiger partial charge in [-0.15, -0.1) is 0 Å². The van der Waals surface area contributed by atoms with Crippen LogP contribution in [0, 0.1) is 5.41 Å². The van der Waals surface area contributed by atoms with Crippen LogP contribution in [0.15, 0.2) is 84.9 Å². The highest BCUT2D eigenvalue weighted by Gasteiger charge is 2.39. The van der Waals surface area contributed by atoms with E-state index in [2.05, 4.69) is 10.2 Å². The average Bonchev–Trinajstić information content (AvgIpc) is 3.52. The summed E-state index contributed by atoms with van der Waals surface area (Å²) in [6, 6.07) is 27.6. The van der Waals surface area contributed by atoms with Crippen molar-refractivity contribution in [2.45, 2.75) is 58.0 Å². The number of carboxylic acids is 1. The number of aromatic nitrogens is 1. The number of fused-ring (bicyclic) bond motifs is 1. The van der Waals surface area contributed by atoms with E-state index in [0.717, 1.165) is 59.0 Å². The molecule has 3 aromatic carbocycles. The number of carbonyl (C=O) groups is 3. The molecule has 1 atom stereocenters. The zero-order valence-electron chi connectivity index (χ0n) is 26.5. The van der Waals surface area contributed by atoms with Gasteiger partial charge < -0.3 is 15.3 Å². The molecule has 1 aromatic heterocycles. The van der Waals surface area contributed by atoms with E-state index >= 15 is 0 Å². The second-order valence-corrected chi connectivity index (χ2v) is 12.9. The number of rotatable bonds is 10. The molecule has 1 aliphatic carbocycles. The Kier molecular flexibility index (Phi) is 9.45. The van der Waals surface area contributed by atoms with Gasteiger partial charge in [-0.3, -0.25) is 19.3 Å². The highest BCUT2D eigenvalue weighted by atomic mass is 16.4. The van der Waals surface area contributed by atoms with E-state index in [1.807, 2.05) is 96.8 Å². The van der Waals surface area contributed by atoms with Crippen LogP contribution >= 0.6 is 0 Å². The molecule has 2 heterocycles. The van der Waals surface area contributed by atoms with Crippen molar-refractivity contribution < 1.29 is 19.5 Å². The largest absolute Gasteiger partial charge is 0.481 e. The summed E-state index contributed by atoms with van der Waals surface area (Å²) in [6.45, 7) is 4.94. The molecule has 0 bridgehead atoms. The summed E-state index contributed by atoms with van der Waals surface area (Å²) < 4.78 is 0. The summed E-state index contributed by atoms with van der Waals surface area (Å²) in [5.41, 5.74) is 4.61. The van der Waals surface area contributed by atoms with Gasteiger partial charge in [0.15, 0.2) is 0 Å². The number of hydrogen-bond donors (Lipinski definition) is 2. The van der Waals surface area contributed by atoms with E-state index in [1.54, 1.807) is 0 Å². The highest BCUT2D eigenvalue weighted by molar-refractivity contribution is 6.09. The Hall–Kier alpha value is -4.56. The number of aliphatic carboxylic acids is 1. The Labute approximate surface area is 270 Å². The van der Waals surface area contributed by atoms with Crippen LogP contribution in [0.4, 0.5) is 0 Å². The molecule has 0 spiro atoms. The van der Waals surface area contributed by atoms with Crippen molar-refractivity contribution in [2.24, 2.45) is 5.41 Å². The number of pyridine rings is 1. The first kappa shape index (κ1) is 31.4. The summed E-state index contributed by atoms with van der Waals surface area (Å²) >= 11 is 0. The van der Waals surface area contributed by atoms with Gasteiger partial charge in [0.1, 0.15) is 0 Å². The van der Waals surface area contributed by atoms with Crippen molar-refractivity contribution in [3.8, 4) is 11.3 Å². The number of amides is 2. The van der Waals surface area contributed by atoms with E-state index < -0.39 is 11.4 Å². The summed E-state index contributed by atoms with van der Waals surface area (Å²) in [4.78, 5) is 48.5. The summed E-state index contributed by atoms with van der Waals surface area (Å²) in [5.74, 6) is -0.915. The number of nitrogens with one attached hydrogen (secondary N) is 1. The number of carboxylic acid groups (broad SMARTS) is 1. The van der Waals surface area contributed by atoms with Gasteiger partial charge in [-0.25, -0.2) is 4.98 Å². The molecule has 0 unspecified atom stereocenters. The molecular formula is C38H42N4O4. The Morgan fingerprint density at radius 3 is 2.15 bits per heavy atom. The number of hydrogen-bond acceptors (Lipinski definition) is 5. The third kappa shape index (κ3) is 6.97. The van der Waals surface area contributed by atoms with E-state index in [0.29, 0.717) is 44.7 Å². The average molecular weight is 619 g/mol. The fraction of sp³-hybridized carbons (Fsp3) is 0.368. The maximum Gasteiger partial charge on any atom is 0.303 e. The van der Waals surface area contributed by atoms with E-state index in [-0.39, 0.29) is 24.3 Å². The molecule has 1 saturated carbocycles. The number of piperazine rings is 1. The van der Waals surface area contributed by atoms with Crippen molar-refractivity contribution in [3.63, 3.8) is 0 Å². The van der Waals surface area contributed by atoms with Crippen LogP contribution in [-0.4, -0.2) is 63.9 Å². The monoisotopic (exact) mass is 618 g/mol. The molecular weight excluding hydrogens is 576 g/mol. The Morgan fingerprint density at radius 1 is 0.848 bits per heavy atom. The molecule has 4 aromatic rings. The van der Waals surface area contributed by atoms with Gasteiger partial charge in [0.25, 0.3) is 5.91 Å². The van der Waals surface area contributed by atoms with E-state index in [9.17, 15) is 19.5 Å². The summed E-state index contributed by atoms with van der Waals surface area (Å²) in [5, 5.41) is 13.6. The van der Waals surface area contributed by atoms with Crippen LogP contribution in [0.2, 0.25) is 0 Å². The van der Waals surface area contributed by atoms with Crippen LogP contribution in [0.3, 0.4) is 0 Å². The molecule has 6 rings (SSSR count). The van der Waals surface area contributed by atoms with Gasteiger partial charge in [-0.2, -0.15) is 0 Å². The normalized spacial score (nSPS) is 17.1. The fourth-order valence-corrected chi connectivity index (χ4v) is 7.27. The van der Waals surface area contributed by atoms with Gasteiger partial charge in [0, 0.05) is 55.7 Å². The lowest BCUT2D eigenvalue weighted by Gasteiger charge is -2.37. The Bertz CT molecular complexity index is 1690. The van der Waals surface area contributed by atoms with Gasteiger partial charge in [0.05, 0.1) is 29.2 Å². The molecule has 238 valence electrons. The number of nitrogens with zero attached hydrogens (tertiary/aromatic N) is 3. The molecule has 0 radical (unpaired) electrons. The van der Waals surface area contributed by atoms with Crippen LogP contribution in [0.5, 0.6) is 0 Å². The summed E-state index contributed by atoms with van der Waals surface area (Å²) in [7, 11) is 0. The first-order valence-electron chi connectivity index (χ1n) is 16.4. The quantitative estimate of drug-likeness (QED) is 0.211. The second kappa shape index (κ2) is 13.8. The maximum atomic E-state index is 14.2. The van der Waals surface area contributed by atoms with Crippen LogP contribution in [0.1, 0.15) is 73.0 Å². The minimum Gasteiger partial charge on any atom is -0.481 e. The Balaban J connectivity index is 1.27. The van der Waals surface area contributed by atoms with Crippen LogP contribution in [-0.2, 0) is 16.1 Å². The maximum absolute atomic E-state index is 14.2. The molecule has 2 fully saturated rings. The van der Waals surface area contributed by atoms with Gasteiger partial charge in [0.2, 0.25) is 5.91 Å². The minimum atomic E-state index is -0.823. The van der Waals surface area contributed by atoms with Gasteiger partial charge in [-0.1, -0.05) is 91.7 Å². The van der Waals surface area contributed by atoms with Gasteiger partial charge in [-0.05, 0) is 36.8 Å². The lowest BCUT2D eigenvalue weighted by molar-refractivity contribution is -0.142. The Morgan fingerprint density at radius 2 is 1.48 bits per heavy atom. The first-order chi connectivity index (χ1) is 22.3. The smallest absolute Gasteiger partial charge is 0.303 e. The number of para-hydroxylation sites is 1. The van der Waals surface area contributed by atoms with Crippen molar-refractivity contribution in [1.29, 1.82) is 0 Å². The van der Waals surface area contributed by atoms with Crippen molar-refractivity contribution in [3.05, 3.63) is 102 Å². The van der Waals surface area contributed by atoms with Crippen LogP contribution < -0.4 is 5.32 Å². The fourth-order valence-electron chi connectivity index (χ4n) is 7.27. The predicted molar refractivity (Wildman–Crippen MR) is 179 cm³/mol. The standard InChI is InChI=1S/C38H42N4O4/c1-27(28-12-4-2-5-13-28)39-37(46)35-30-16-8-9-17-32(30)40-36(29-14-6-3-7-15-29)31(35)26-41-20-22-42(23-21-41)33(43)24-38(25-34(44)45)18-10-11-19-38/h2-9,12-17,27H,10-11,18-26H2,1H3,(H,39,46)(H,44,45)/t27-/m0/s1.